The van der Waals surface area contributed by atoms with Crippen LogP contribution in [-0.2, 0) is 4.79 Å². The molecule has 1 aromatic carbocycles. The van der Waals surface area contributed by atoms with Crippen molar-refractivity contribution in [3.63, 3.8) is 0 Å². The van der Waals surface area contributed by atoms with Gasteiger partial charge in [0.05, 0.1) is 6.04 Å². The van der Waals surface area contributed by atoms with E-state index in [0.717, 1.165) is 24.1 Å². The first-order valence-corrected chi connectivity index (χ1v) is 8.06. The predicted octanol–water partition coefficient (Wildman–Crippen LogP) is 2.96. The van der Waals surface area contributed by atoms with Crippen molar-refractivity contribution in [1.29, 1.82) is 0 Å². The molecule has 134 valence electrons. The SMILES string of the molecule is C[C@@H](C(=O)NCC(F)(F)F)N1CCC[C@H]1c1cccc(N(C)C)c1. The van der Waals surface area contributed by atoms with Gasteiger partial charge in [-0.05, 0) is 44.0 Å². The third-order valence-electron chi connectivity index (χ3n) is 4.41. The molecule has 1 fully saturated rings. The number of nitrogens with zero attached hydrogens (tertiary/aromatic N) is 2. The Hall–Kier alpha value is -1.76. The highest BCUT2D eigenvalue weighted by atomic mass is 19.4. The third kappa shape index (κ3) is 4.63. The molecule has 7 heteroatoms. The topological polar surface area (TPSA) is 35.6 Å². The summed E-state index contributed by atoms with van der Waals surface area (Å²) >= 11 is 0. The number of hydrogen-bond donors (Lipinski definition) is 1. The van der Waals surface area contributed by atoms with Gasteiger partial charge in [0.15, 0.2) is 0 Å². The van der Waals surface area contributed by atoms with E-state index in [1.54, 1.807) is 6.92 Å². The number of hydrogen-bond acceptors (Lipinski definition) is 3. The van der Waals surface area contributed by atoms with Gasteiger partial charge in [0.1, 0.15) is 6.54 Å². The van der Waals surface area contributed by atoms with Gasteiger partial charge in [0.2, 0.25) is 5.91 Å². The number of rotatable bonds is 5. The lowest BCUT2D eigenvalue weighted by Gasteiger charge is -2.30. The van der Waals surface area contributed by atoms with E-state index in [1.165, 1.54) is 0 Å². The average molecular weight is 343 g/mol. The fraction of sp³-hybridized carbons (Fsp3) is 0.588. The Labute approximate surface area is 140 Å². The largest absolute Gasteiger partial charge is 0.405 e. The number of likely N-dealkylation sites (tertiary alicyclic amines) is 1. The van der Waals surface area contributed by atoms with Crippen molar-refractivity contribution in [3.8, 4) is 0 Å². The Morgan fingerprint density at radius 2 is 2.12 bits per heavy atom. The average Bonchev–Trinajstić information content (AvgIpc) is 3.00. The lowest BCUT2D eigenvalue weighted by molar-refractivity contribution is -0.141. The number of carbonyl (C=O) groups excluding carboxylic acids is 1. The Balaban J connectivity index is 2.09. The molecule has 0 radical (unpaired) electrons. The number of nitrogens with one attached hydrogen (secondary N) is 1. The van der Waals surface area contributed by atoms with Crippen molar-refractivity contribution in [1.82, 2.24) is 10.2 Å². The molecular formula is C17H24F3N3O. The monoisotopic (exact) mass is 343 g/mol. The number of alkyl halides is 3. The van der Waals surface area contributed by atoms with Crippen LogP contribution in [0.2, 0.25) is 0 Å². The normalized spacial score (nSPS) is 20.0. The van der Waals surface area contributed by atoms with Gasteiger partial charge in [-0.2, -0.15) is 13.2 Å². The minimum atomic E-state index is -4.39. The molecule has 0 bridgehead atoms. The van der Waals surface area contributed by atoms with Crippen LogP contribution in [0.25, 0.3) is 0 Å². The molecule has 1 aromatic rings. The lowest BCUT2D eigenvalue weighted by Crippen LogP contribution is -2.47. The first-order valence-electron chi connectivity index (χ1n) is 8.06. The number of benzene rings is 1. The van der Waals surface area contributed by atoms with Crippen LogP contribution in [0.4, 0.5) is 18.9 Å². The molecular weight excluding hydrogens is 319 g/mol. The summed E-state index contributed by atoms with van der Waals surface area (Å²) in [4.78, 5) is 16.1. The molecule has 2 atom stereocenters. The van der Waals surface area contributed by atoms with Gasteiger partial charge in [-0.3, -0.25) is 9.69 Å². The number of halogens is 3. The maximum absolute atomic E-state index is 12.3. The molecule has 0 saturated carbocycles. The van der Waals surface area contributed by atoms with Gasteiger partial charge in [0.25, 0.3) is 0 Å². The summed E-state index contributed by atoms with van der Waals surface area (Å²) in [6.07, 6.45) is -2.57. The number of amides is 1. The van der Waals surface area contributed by atoms with Crippen LogP contribution in [0.3, 0.4) is 0 Å². The lowest BCUT2D eigenvalue weighted by atomic mass is 10.0. The molecule has 1 N–H and O–H groups in total. The molecule has 0 aliphatic carbocycles. The highest BCUT2D eigenvalue weighted by Crippen LogP contribution is 2.34. The molecule has 24 heavy (non-hydrogen) atoms. The van der Waals surface area contributed by atoms with E-state index in [-0.39, 0.29) is 6.04 Å². The maximum atomic E-state index is 12.3. The Morgan fingerprint density at radius 3 is 2.75 bits per heavy atom. The summed E-state index contributed by atoms with van der Waals surface area (Å²) in [5.74, 6) is -0.581. The maximum Gasteiger partial charge on any atom is 0.405 e. The standard InChI is InChI=1S/C17H24F3N3O/c1-12(16(24)21-11-17(18,19)20)23-9-5-8-15(23)13-6-4-7-14(10-13)22(2)3/h4,6-7,10,12,15H,5,8-9,11H2,1-3H3,(H,21,24)/t12-,15-/m0/s1. The summed E-state index contributed by atoms with van der Waals surface area (Å²) < 4.78 is 36.9. The van der Waals surface area contributed by atoms with Crippen molar-refractivity contribution in [3.05, 3.63) is 29.8 Å². The second kappa shape index (κ2) is 7.42. The van der Waals surface area contributed by atoms with Crippen LogP contribution in [0.5, 0.6) is 0 Å². The van der Waals surface area contributed by atoms with Crippen LogP contribution >= 0.6 is 0 Å². The van der Waals surface area contributed by atoms with E-state index < -0.39 is 24.7 Å². The summed E-state index contributed by atoms with van der Waals surface area (Å²) in [7, 11) is 3.91. The fourth-order valence-corrected chi connectivity index (χ4v) is 3.11. The minimum Gasteiger partial charge on any atom is -0.378 e. The summed E-state index contributed by atoms with van der Waals surface area (Å²) in [5.41, 5.74) is 2.16. The molecule has 4 nitrogen and oxygen atoms in total. The zero-order valence-electron chi connectivity index (χ0n) is 14.2. The number of carbonyl (C=O) groups is 1. The molecule has 0 spiro atoms. The van der Waals surface area contributed by atoms with E-state index >= 15 is 0 Å². The van der Waals surface area contributed by atoms with Crippen LogP contribution in [0.15, 0.2) is 24.3 Å². The first-order chi connectivity index (χ1) is 11.2. The van der Waals surface area contributed by atoms with Gasteiger partial charge in [-0.25, -0.2) is 0 Å². The highest BCUT2D eigenvalue weighted by molar-refractivity contribution is 5.81. The second-order valence-corrected chi connectivity index (χ2v) is 6.39. The molecule has 1 aliphatic heterocycles. The Kier molecular flexibility index (Phi) is 5.74. The van der Waals surface area contributed by atoms with Gasteiger partial charge >= 0.3 is 6.18 Å². The van der Waals surface area contributed by atoms with Crippen LogP contribution in [0.1, 0.15) is 31.4 Å². The van der Waals surface area contributed by atoms with E-state index in [0.29, 0.717) is 6.54 Å². The predicted molar refractivity (Wildman–Crippen MR) is 88.0 cm³/mol. The second-order valence-electron chi connectivity index (χ2n) is 6.39. The van der Waals surface area contributed by atoms with Gasteiger partial charge in [0, 0.05) is 25.8 Å². The Morgan fingerprint density at radius 1 is 1.42 bits per heavy atom. The molecule has 2 rings (SSSR count). The third-order valence-corrected chi connectivity index (χ3v) is 4.41. The van der Waals surface area contributed by atoms with Crippen molar-refractivity contribution < 1.29 is 18.0 Å². The van der Waals surface area contributed by atoms with Crippen molar-refractivity contribution in [2.24, 2.45) is 0 Å². The van der Waals surface area contributed by atoms with Crippen molar-refractivity contribution in [2.75, 3.05) is 32.1 Å². The molecule has 1 aliphatic rings. The molecule has 0 aromatic heterocycles. The smallest absolute Gasteiger partial charge is 0.378 e. The van der Waals surface area contributed by atoms with E-state index in [2.05, 4.69) is 6.07 Å². The van der Waals surface area contributed by atoms with Crippen LogP contribution in [-0.4, -0.2) is 50.2 Å². The van der Waals surface area contributed by atoms with E-state index in [4.69, 9.17) is 0 Å². The highest BCUT2D eigenvalue weighted by Gasteiger charge is 2.35. The van der Waals surface area contributed by atoms with Crippen LogP contribution < -0.4 is 10.2 Å². The van der Waals surface area contributed by atoms with E-state index in [9.17, 15) is 18.0 Å². The zero-order chi connectivity index (χ0) is 17.9. The summed E-state index contributed by atoms with van der Waals surface area (Å²) in [5, 5.41) is 1.99. The van der Waals surface area contributed by atoms with Gasteiger partial charge < -0.3 is 10.2 Å². The molecule has 1 saturated heterocycles. The zero-order valence-corrected chi connectivity index (χ0v) is 14.2. The summed E-state index contributed by atoms with van der Waals surface area (Å²) in [6.45, 7) is 1.09. The molecule has 1 heterocycles. The summed E-state index contributed by atoms with van der Waals surface area (Å²) in [6, 6.07) is 7.51. The quantitative estimate of drug-likeness (QED) is 0.893. The van der Waals surface area contributed by atoms with E-state index in [1.807, 2.05) is 47.4 Å². The van der Waals surface area contributed by atoms with Crippen molar-refractivity contribution >= 4 is 11.6 Å². The molecule has 1 amide bonds. The Bertz CT molecular complexity index is 574. The first kappa shape index (κ1) is 18.6. The van der Waals surface area contributed by atoms with Gasteiger partial charge in [-0.15, -0.1) is 0 Å². The molecule has 0 unspecified atom stereocenters. The van der Waals surface area contributed by atoms with Crippen LogP contribution in [0, 0.1) is 0 Å². The number of anilines is 1. The van der Waals surface area contributed by atoms with Crippen molar-refractivity contribution in [2.45, 2.75) is 38.0 Å². The minimum absolute atomic E-state index is 0.0523. The fourth-order valence-electron chi connectivity index (χ4n) is 3.11. The van der Waals surface area contributed by atoms with Gasteiger partial charge in [-0.1, -0.05) is 12.1 Å².